The number of aromatic nitrogens is 5. The molecule has 8 nitrogen and oxygen atoms in total. The molecule has 4 heterocycles. The van der Waals surface area contributed by atoms with Crippen LogP contribution in [0.15, 0.2) is 79.8 Å². The highest BCUT2D eigenvalue weighted by Gasteiger charge is 2.29. The maximum Gasteiger partial charge on any atom is 0.255 e. The monoisotopic (exact) mass is 438 g/mol. The minimum Gasteiger partial charge on any atom is -0.437 e. The van der Waals surface area contributed by atoms with Gasteiger partial charge in [-0.2, -0.15) is 0 Å². The van der Waals surface area contributed by atoms with Crippen molar-refractivity contribution in [1.29, 1.82) is 0 Å². The summed E-state index contributed by atoms with van der Waals surface area (Å²) in [5, 5.41) is 0. The predicted octanol–water partition coefficient (Wildman–Crippen LogP) is 4.14. The Morgan fingerprint density at radius 3 is 2.55 bits per heavy atom. The van der Waals surface area contributed by atoms with Crippen LogP contribution >= 0.6 is 0 Å². The average Bonchev–Trinajstić information content (AvgIpc) is 2.90. The van der Waals surface area contributed by atoms with Crippen LogP contribution in [0.1, 0.15) is 34.8 Å². The summed E-state index contributed by atoms with van der Waals surface area (Å²) >= 11 is 0. The minimum atomic E-state index is -0.0440. The second kappa shape index (κ2) is 9.52. The lowest BCUT2D eigenvalue weighted by molar-refractivity contribution is 0.0704. The molecule has 1 aliphatic rings. The molecule has 0 saturated carbocycles. The van der Waals surface area contributed by atoms with Gasteiger partial charge in [0.2, 0.25) is 5.88 Å². The first-order chi connectivity index (χ1) is 16.3. The Balaban J connectivity index is 1.32. The van der Waals surface area contributed by atoms with Gasteiger partial charge in [-0.15, -0.1) is 0 Å². The number of benzene rings is 1. The van der Waals surface area contributed by atoms with Crippen molar-refractivity contribution in [2.45, 2.75) is 18.8 Å². The molecular weight excluding hydrogens is 416 g/mol. The van der Waals surface area contributed by atoms with Crippen molar-refractivity contribution in [3.05, 3.63) is 91.0 Å². The van der Waals surface area contributed by atoms with E-state index in [9.17, 15) is 4.79 Å². The first-order valence-electron chi connectivity index (χ1n) is 10.8. The zero-order valence-corrected chi connectivity index (χ0v) is 17.9. The molecule has 164 valence electrons. The lowest BCUT2D eigenvalue weighted by Crippen LogP contribution is -2.39. The number of nitrogens with zero attached hydrogens (tertiary/aromatic N) is 6. The summed E-state index contributed by atoms with van der Waals surface area (Å²) in [5.41, 5.74) is 2.86. The highest BCUT2D eigenvalue weighted by atomic mass is 16.5. The Hall–Kier alpha value is -4.20. The fraction of sp³-hybridized carbons (Fsp3) is 0.200. The molecule has 1 atom stereocenters. The lowest BCUT2D eigenvalue weighted by atomic mass is 9.94. The summed E-state index contributed by atoms with van der Waals surface area (Å²) in [7, 11) is 0. The van der Waals surface area contributed by atoms with Gasteiger partial charge in [-0.25, -0.2) is 15.0 Å². The van der Waals surface area contributed by atoms with Crippen LogP contribution in [0.2, 0.25) is 0 Å². The van der Waals surface area contributed by atoms with Crippen LogP contribution < -0.4 is 4.74 Å². The van der Waals surface area contributed by atoms with E-state index >= 15 is 0 Å². The summed E-state index contributed by atoms with van der Waals surface area (Å²) < 4.78 is 6.00. The first kappa shape index (κ1) is 20.7. The van der Waals surface area contributed by atoms with Crippen LogP contribution in [0.5, 0.6) is 11.6 Å². The molecule has 1 aliphatic heterocycles. The van der Waals surface area contributed by atoms with Gasteiger partial charge < -0.3 is 9.64 Å². The average molecular weight is 438 g/mol. The topological polar surface area (TPSA) is 94.0 Å². The molecule has 0 bridgehead atoms. The molecular formula is C25H22N6O2. The molecule has 0 unspecified atom stereocenters. The zero-order chi connectivity index (χ0) is 22.5. The Kier molecular flexibility index (Phi) is 5.97. The Bertz CT molecular complexity index is 1220. The minimum absolute atomic E-state index is 0.0440. The van der Waals surface area contributed by atoms with Gasteiger partial charge in [-0.05, 0) is 37.1 Å². The Morgan fingerprint density at radius 2 is 1.76 bits per heavy atom. The van der Waals surface area contributed by atoms with E-state index in [2.05, 4.69) is 24.9 Å². The van der Waals surface area contributed by atoms with E-state index in [1.165, 1.54) is 6.33 Å². The third-order valence-corrected chi connectivity index (χ3v) is 5.61. The first-order valence-corrected chi connectivity index (χ1v) is 10.8. The number of carbonyl (C=O) groups excluding carboxylic acids is 1. The van der Waals surface area contributed by atoms with E-state index in [1.54, 1.807) is 37.1 Å². The van der Waals surface area contributed by atoms with Gasteiger partial charge in [0, 0.05) is 55.6 Å². The Labute approximate surface area is 191 Å². The molecule has 8 heteroatoms. The van der Waals surface area contributed by atoms with Crippen molar-refractivity contribution in [2.24, 2.45) is 0 Å². The van der Waals surface area contributed by atoms with Gasteiger partial charge in [0.15, 0.2) is 0 Å². The van der Waals surface area contributed by atoms with Gasteiger partial charge in [0.1, 0.15) is 17.8 Å². The molecule has 33 heavy (non-hydrogen) atoms. The molecule has 4 aromatic rings. The van der Waals surface area contributed by atoms with Crippen molar-refractivity contribution in [2.75, 3.05) is 13.1 Å². The van der Waals surface area contributed by atoms with Gasteiger partial charge in [-0.1, -0.05) is 18.2 Å². The van der Waals surface area contributed by atoms with E-state index < -0.39 is 0 Å². The third-order valence-electron chi connectivity index (χ3n) is 5.61. The Morgan fingerprint density at radius 1 is 0.939 bits per heavy atom. The van der Waals surface area contributed by atoms with E-state index in [0.29, 0.717) is 30.3 Å². The summed E-state index contributed by atoms with van der Waals surface area (Å²) in [6.45, 7) is 1.25. The molecule has 3 aromatic heterocycles. The largest absolute Gasteiger partial charge is 0.437 e. The van der Waals surface area contributed by atoms with Gasteiger partial charge >= 0.3 is 0 Å². The smallest absolute Gasteiger partial charge is 0.255 e. The van der Waals surface area contributed by atoms with Gasteiger partial charge in [-0.3, -0.25) is 14.8 Å². The third kappa shape index (κ3) is 4.69. The normalized spacial score (nSPS) is 15.8. The molecule has 0 N–H and O–H groups in total. The van der Waals surface area contributed by atoms with Crippen LogP contribution in [-0.2, 0) is 0 Å². The fourth-order valence-corrected chi connectivity index (χ4v) is 3.98. The zero-order valence-electron chi connectivity index (χ0n) is 17.9. The van der Waals surface area contributed by atoms with Crippen LogP contribution in [0.4, 0.5) is 0 Å². The summed E-state index contributed by atoms with van der Waals surface area (Å²) in [5.74, 6) is 1.19. The summed E-state index contributed by atoms with van der Waals surface area (Å²) in [6, 6.07) is 13.1. The van der Waals surface area contributed by atoms with E-state index in [4.69, 9.17) is 4.74 Å². The molecule has 0 radical (unpaired) electrons. The molecule has 1 saturated heterocycles. The van der Waals surface area contributed by atoms with Crippen molar-refractivity contribution in [1.82, 2.24) is 29.8 Å². The van der Waals surface area contributed by atoms with Gasteiger partial charge in [0.25, 0.3) is 5.91 Å². The van der Waals surface area contributed by atoms with Crippen LogP contribution in [0, 0.1) is 0 Å². The number of pyridine rings is 1. The van der Waals surface area contributed by atoms with Crippen molar-refractivity contribution in [3.8, 4) is 22.9 Å². The second-order valence-corrected chi connectivity index (χ2v) is 7.81. The molecule has 1 fully saturated rings. The van der Waals surface area contributed by atoms with Crippen LogP contribution in [0.25, 0.3) is 11.3 Å². The number of para-hydroxylation sites is 1. The van der Waals surface area contributed by atoms with E-state index in [-0.39, 0.29) is 11.8 Å². The molecule has 1 amide bonds. The SMILES string of the molecule is O=C(c1ccc(-c2cncnc2)nc1)N1CCC[C@@H](c2nccnc2Oc2ccccc2)C1. The van der Waals surface area contributed by atoms with E-state index in [0.717, 1.165) is 29.8 Å². The number of ether oxygens (including phenoxy) is 1. The maximum absolute atomic E-state index is 13.2. The number of rotatable bonds is 5. The van der Waals surface area contributed by atoms with Crippen molar-refractivity contribution in [3.63, 3.8) is 0 Å². The molecule has 1 aromatic carbocycles. The fourth-order valence-electron chi connectivity index (χ4n) is 3.98. The molecule has 0 aliphatic carbocycles. The standard InChI is InChI=1S/C25H22N6O2/c32-25(18-8-9-22(30-15-18)20-13-26-17-27-14-20)31-12-4-5-19(16-31)23-24(29-11-10-28-23)33-21-6-2-1-3-7-21/h1-3,6-11,13-15,17,19H,4-5,12,16H2/t19-/m1/s1. The van der Waals surface area contributed by atoms with Crippen molar-refractivity contribution >= 4 is 5.91 Å². The van der Waals surface area contributed by atoms with E-state index in [1.807, 2.05) is 41.3 Å². The second-order valence-electron chi connectivity index (χ2n) is 7.81. The van der Waals surface area contributed by atoms with Gasteiger partial charge in [0.05, 0.1) is 11.3 Å². The van der Waals surface area contributed by atoms with Crippen LogP contribution in [-0.4, -0.2) is 48.8 Å². The molecule has 5 rings (SSSR count). The number of hydrogen-bond donors (Lipinski definition) is 0. The highest BCUT2D eigenvalue weighted by molar-refractivity contribution is 5.94. The summed E-state index contributed by atoms with van der Waals surface area (Å²) in [6.07, 6.45) is 11.6. The van der Waals surface area contributed by atoms with Crippen molar-refractivity contribution < 1.29 is 9.53 Å². The highest BCUT2D eigenvalue weighted by Crippen LogP contribution is 2.33. The quantitative estimate of drug-likeness (QED) is 0.462. The lowest BCUT2D eigenvalue weighted by Gasteiger charge is -2.32. The maximum atomic E-state index is 13.2. The number of piperidine rings is 1. The summed E-state index contributed by atoms with van der Waals surface area (Å²) in [4.78, 5) is 36.5. The number of carbonyl (C=O) groups is 1. The number of likely N-dealkylation sites (tertiary alicyclic amines) is 1. The molecule has 0 spiro atoms. The number of hydrogen-bond acceptors (Lipinski definition) is 7. The van der Waals surface area contributed by atoms with Crippen LogP contribution in [0.3, 0.4) is 0 Å². The predicted molar refractivity (Wildman–Crippen MR) is 122 cm³/mol. The number of amides is 1.